The van der Waals surface area contributed by atoms with E-state index in [1.165, 1.54) is 26.4 Å². The molecule has 1 saturated heterocycles. The lowest BCUT2D eigenvalue weighted by atomic mass is 9.85. The molecule has 1 aliphatic rings. The average Bonchev–Trinajstić information content (AvgIpc) is 2.51. The van der Waals surface area contributed by atoms with Crippen LogP contribution in [0.3, 0.4) is 0 Å². The van der Waals surface area contributed by atoms with Crippen LogP contribution in [0.2, 0.25) is 0 Å². The summed E-state index contributed by atoms with van der Waals surface area (Å²) in [7, 11) is 1.50. The van der Waals surface area contributed by atoms with Crippen molar-refractivity contribution in [2.75, 3.05) is 20.2 Å². The number of rotatable bonds is 5. The summed E-state index contributed by atoms with van der Waals surface area (Å²) in [6.45, 7) is 8.88. The van der Waals surface area contributed by atoms with E-state index >= 15 is 0 Å². The van der Waals surface area contributed by atoms with Gasteiger partial charge in [-0.2, -0.15) is 0 Å². The first kappa shape index (κ1) is 15.5. The number of nitrogens with zero attached hydrogens (tertiary/aromatic N) is 1. The Labute approximate surface area is 112 Å². The van der Waals surface area contributed by atoms with E-state index in [1.807, 2.05) is 0 Å². The Balaban J connectivity index is 2.63. The first-order valence-electron chi connectivity index (χ1n) is 7.32. The summed E-state index contributed by atoms with van der Waals surface area (Å²) in [4.78, 5) is 14.3. The Morgan fingerprint density at radius 2 is 2.06 bits per heavy atom. The molecular formula is C15H29NO2. The number of carbonyl (C=O) groups excluding carboxylic acids is 1. The number of likely N-dealkylation sites (tertiary alicyclic amines) is 1. The lowest BCUT2D eigenvalue weighted by Crippen LogP contribution is -2.42. The summed E-state index contributed by atoms with van der Waals surface area (Å²) >= 11 is 0. The minimum absolute atomic E-state index is 0.0242. The fourth-order valence-corrected chi connectivity index (χ4v) is 2.74. The maximum Gasteiger partial charge on any atom is 0.323 e. The number of carbonyl (C=O) groups is 1. The lowest BCUT2D eigenvalue weighted by Gasteiger charge is -2.29. The van der Waals surface area contributed by atoms with Crippen molar-refractivity contribution in [3.63, 3.8) is 0 Å². The van der Waals surface area contributed by atoms with E-state index in [1.54, 1.807) is 0 Å². The van der Waals surface area contributed by atoms with Crippen molar-refractivity contribution in [1.82, 2.24) is 4.90 Å². The van der Waals surface area contributed by atoms with E-state index in [9.17, 15) is 4.79 Å². The van der Waals surface area contributed by atoms with Crippen LogP contribution < -0.4 is 0 Å². The van der Waals surface area contributed by atoms with Gasteiger partial charge in [0.25, 0.3) is 0 Å². The first-order chi connectivity index (χ1) is 8.50. The highest BCUT2D eigenvalue weighted by molar-refractivity contribution is 5.75. The van der Waals surface area contributed by atoms with Crippen molar-refractivity contribution in [1.29, 1.82) is 0 Å². The van der Waals surface area contributed by atoms with Gasteiger partial charge < -0.3 is 4.74 Å². The molecule has 1 heterocycles. The largest absolute Gasteiger partial charge is 0.468 e. The Bertz CT molecular complexity index is 263. The molecule has 1 atom stereocenters. The molecule has 18 heavy (non-hydrogen) atoms. The quantitative estimate of drug-likeness (QED) is 0.706. The highest BCUT2D eigenvalue weighted by atomic mass is 16.5. The van der Waals surface area contributed by atoms with Crippen LogP contribution in [0.15, 0.2) is 0 Å². The molecule has 1 aliphatic heterocycles. The monoisotopic (exact) mass is 255 g/mol. The third kappa shape index (κ3) is 4.60. The minimum Gasteiger partial charge on any atom is -0.468 e. The van der Waals surface area contributed by atoms with Crippen LogP contribution >= 0.6 is 0 Å². The molecule has 0 aromatic rings. The molecule has 106 valence electrons. The molecule has 0 radical (unpaired) electrons. The zero-order valence-corrected chi connectivity index (χ0v) is 12.5. The van der Waals surface area contributed by atoms with E-state index < -0.39 is 0 Å². The van der Waals surface area contributed by atoms with Gasteiger partial charge in [0.05, 0.1) is 7.11 Å². The van der Waals surface area contributed by atoms with Crippen molar-refractivity contribution in [2.45, 2.75) is 65.3 Å². The topological polar surface area (TPSA) is 29.5 Å². The fourth-order valence-electron chi connectivity index (χ4n) is 2.74. The van der Waals surface area contributed by atoms with Crippen LogP contribution in [0.4, 0.5) is 0 Å². The predicted octanol–water partition coefficient (Wildman–Crippen LogP) is 3.23. The number of unbranched alkanes of at least 4 members (excludes halogenated alkanes) is 1. The van der Waals surface area contributed by atoms with Crippen molar-refractivity contribution >= 4 is 5.97 Å². The summed E-state index contributed by atoms with van der Waals surface area (Å²) < 4.78 is 4.97. The third-order valence-corrected chi connectivity index (χ3v) is 4.12. The number of hydrogen-bond acceptors (Lipinski definition) is 3. The summed E-state index contributed by atoms with van der Waals surface area (Å²) in [6.07, 6.45) is 6.78. The van der Waals surface area contributed by atoms with Crippen LogP contribution in [0, 0.1) is 5.41 Å². The van der Waals surface area contributed by atoms with Gasteiger partial charge in [-0.1, -0.05) is 33.6 Å². The maximum atomic E-state index is 11.9. The molecule has 0 spiro atoms. The van der Waals surface area contributed by atoms with Gasteiger partial charge in [0.1, 0.15) is 6.04 Å². The summed E-state index contributed by atoms with van der Waals surface area (Å²) in [6, 6.07) is -0.0242. The second-order valence-electron chi connectivity index (χ2n) is 6.23. The molecule has 0 aliphatic carbocycles. The third-order valence-electron chi connectivity index (χ3n) is 4.12. The zero-order valence-electron chi connectivity index (χ0n) is 12.5. The Kier molecular flexibility index (Phi) is 6.13. The van der Waals surface area contributed by atoms with Gasteiger partial charge in [0.2, 0.25) is 0 Å². The molecule has 0 aromatic heterocycles. The summed E-state index contributed by atoms with van der Waals surface area (Å²) in [5, 5.41) is 0. The number of ether oxygens (including phenoxy) is 1. The highest BCUT2D eigenvalue weighted by Gasteiger charge is 2.30. The zero-order chi connectivity index (χ0) is 13.6. The molecule has 0 bridgehead atoms. The molecule has 1 fully saturated rings. The van der Waals surface area contributed by atoms with Gasteiger partial charge in [-0.15, -0.1) is 0 Å². The Morgan fingerprint density at radius 1 is 1.33 bits per heavy atom. The second kappa shape index (κ2) is 7.13. The van der Waals surface area contributed by atoms with E-state index in [2.05, 4.69) is 25.7 Å². The van der Waals surface area contributed by atoms with Crippen LogP contribution in [-0.4, -0.2) is 37.1 Å². The van der Waals surface area contributed by atoms with Crippen molar-refractivity contribution in [2.24, 2.45) is 5.41 Å². The van der Waals surface area contributed by atoms with Gasteiger partial charge in [-0.3, -0.25) is 9.69 Å². The first-order valence-corrected chi connectivity index (χ1v) is 7.32. The van der Waals surface area contributed by atoms with Gasteiger partial charge in [-0.25, -0.2) is 0 Å². The number of hydrogen-bond donors (Lipinski definition) is 0. The molecule has 1 unspecified atom stereocenters. The van der Waals surface area contributed by atoms with Gasteiger partial charge in [-0.05, 0) is 44.2 Å². The van der Waals surface area contributed by atoms with Crippen LogP contribution in [0.25, 0.3) is 0 Å². The molecule has 0 saturated carbocycles. The minimum atomic E-state index is -0.0526. The van der Waals surface area contributed by atoms with E-state index in [4.69, 9.17) is 4.74 Å². The fraction of sp³-hybridized carbons (Fsp3) is 0.933. The Morgan fingerprint density at radius 3 is 2.67 bits per heavy atom. The molecule has 3 nitrogen and oxygen atoms in total. The molecule has 0 amide bonds. The Hall–Kier alpha value is -0.570. The van der Waals surface area contributed by atoms with E-state index in [0.717, 1.165) is 32.4 Å². The van der Waals surface area contributed by atoms with Crippen molar-refractivity contribution < 1.29 is 9.53 Å². The highest BCUT2D eigenvalue weighted by Crippen LogP contribution is 2.31. The SMILES string of the molecule is CCCCC(C(=O)OC)N1CCCC(C)(C)CC1. The van der Waals surface area contributed by atoms with Crippen LogP contribution in [0.1, 0.15) is 59.3 Å². The van der Waals surface area contributed by atoms with Crippen molar-refractivity contribution in [3.8, 4) is 0 Å². The lowest BCUT2D eigenvalue weighted by molar-refractivity contribution is -0.147. The molecule has 1 rings (SSSR count). The van der Waals surface area contributed by atoms with Crippen LogP contribution in [0.5, 0.6) is 0 Å². The number of esters is 1. The summed E-state index contributed by atoms with van der Waals surface area (Å²) in [5.41, 5.74) is 0.417. The smallest absolute Gasteiger partial charge is 0.323 e. The van der Waals surface area contributed by atoms with Gasteiger partial charge >= 0.3 is 5.97 Å². The van der Waals surface area contributed by atoms with Gasteiger partial charge in [0, 0.05) is 0 Å². The molecular weight excluding hydrogens is 226 g/mol. The molecule has 0 N–H and O–H groups in total. The van der Waals surface area contributed by atoms with Gasteiger partial charge in [0.15, 0.2) is 0 Å². The number of methoxy groups -OCH3 is 1. The standard InChI is InChI=1S/C15H29NO2/c1-5-6-8-13(14(17)18-4)16-11-7-9-15(2,3)10-12-16/h13H,5-12H2,1-4H3. The van der Waals surface area contributed by atoms with E-state index in [0.29, 0.717) is 5.41 Å². The summed E-state index contributed by atoms with van der Waals surface area (Å²) in [5.74, 6) is -0.0526. The predicted molar refractivity (Wildman–Crippen MR) is 74.5 cm³/mol. The molecule has 3 heteroatoms. The normalized spacial score (nSPS) is 22.2. The average molecular weight is 255 g/mol. The maximum absolute atomic E-state index is 11.9. The second-order valence-corrected chi connectivity index (χ2v) is 6.23. The van der Waals surface area contributed by atoms with E-state index in [-0.39, 0.29) is 12.0 Å². The molecule has 0 aromatic carbocycles. The van der Waals surface area contributed by atoms with Crippen LogP contribution in [-0.2, 0) is 9.53 Å². The van der Waals surface area contributed by atoms with Crippen molar-refractivity contribution in [3.05, 3.63) is 0 Å².